The number of Topliss-reactive ketones (excluding diaryl/α,β-unsaturated/α-hetero) is 1. The van der Waals surface area contributed by atoms with Gasteiger partial charge in [-0.15, -0.1) is 0 Å². The lowest BCUT2D eigenvalue weighted by Crippen LogP contribution is -2.30. The first kappa shape index (κ1) is 9.19. The Bertz CT molecular complexity index is 194. The van der Waals surface area contributed by atoms with Crippen LogP contribution in [-0.4, -0.2) is 22.9 Å². The maximum absolute atomic E-state index is 11.1. The number of hydrogen-bond acceptors (Lipinski definition) is 3. The lowest BCUT2D eigenvalue weighted by Gasteiger charge is -2.06. The summed E-state index contributed by atoms with van der Waals surface area (Å²) in [6.07, 6.45) is 0.385. The standard InChI is InChI=1S/C8H15NO3/c1-5(2)7(10)4-3-6(9)8(11)12/h5-6H,3-4,9H2,1-2H3,(H,11,12)/t6-/m0/s1/i/hD. The van der Waals surface area contributed by atoms with Crippen LogP contribution in [0.4, 0.5) is 0 Å². The molecule has 0 saturated carbocycles. The second-order valence-corrected chi connectivity index (χ2v) is 3.05. The van der Waals surface area contributed by atoms with E-state index < -0.39 is 12.0 Å². The van der Waals surface area contributed by atoms with E-state index in [9.17, 15) is 9.59 Å². The van der Waals surface area contributed by atoms with Crippen molar-refractivity contribution in [1.29, 1.82) is 0 Å². The fourth-order valence-electron chi connectivity index (χ4n) is 0.699. The van der Waals surface area contributed by atoms with Crippen LogP contribution in [0.5, 0.6) is 0 Å². The average molecular weight is 174 g/mol. The molecule has 0 aromatic rings. The molecule has 4 nitrogen and oxygen atoms in total. The van der Waals surface area contributed by atoms with Gasteiger partial charge in [0, 0.05) is 12.3 Å². The molecule has 0 fully saturated rings. The van der Waals surface area contributed by atoms with Crippen molar-refractivity contribution in [2.45, 2.75) is 32.7 Å². The van der Waals surface area contributed by atoms with Crippen LogP contribution in [0.2, 0.25) is 1.41 Å². The zero-order valence-corrected chi connectivity index (χ0v) is 7.33. The first-order chi connectivity index (χ1) is 5.99. The van der Waals surface area contributed by atoms with Crippen LogP contribution in [0.15, 0.2) is 0 Å². The van der Waals surface area contributed by atoms with Crippen LogP contribution in [0.3, 0.4) is 0 Å². The summed E-state index contributed by atoms with van der Waals surface area (Å²) in [6, 6.07) is -0.942. The minimum atomic E-state index is -1.09. The summed E-state index contributed by atoms with van der Waals surface area (Å²) in [6.45, 7) is 3.54. The van der Waals surface area contributed by atoms with Crippen LogP contribution in [0.25, 0.3) is 0 Å². The highest BCUT2D eigenvalue weighted by Crippen LogP contribution is 2.03. The predicted octanol–water partition coefficient (Wildman–Crippen LogP) is 0.404. The number of carboxylic acid groups (broad SMARTS) is 1. The third-order valence-corrected chi connectivity index (χ3v) is 1.62. The molecule has 0 unspecified atom stereocenters. The first-order valence-electron chi connectivity index (χ1n) is 4.41. The summed E-state index contributed by atoms with van der Waals surface area (Å²) < 4.78 is 6.70. The van der Waals surface area contributed by atoms with Crippen LogP contribution in [-0.2, 0) is 9.59 Å². The number of hydrogen-bond donors (Lipinski definition) is 2. The molecule has 0 spiro atoms. The molecule has 0 aliphatic rings. The normalized spacial score (nSPS) is 14.1. The summed E-state index contributed by atoms with van der Waals surface area (Å²) in [7, 11) is 0. The van der Waals surface area contributed by atoms with E-state index in [1.807, 2.05) is 5.73 Å². The van der Waals surface area contributed by atoms with Gasteiger partial charge >= 0.3 is 5.97 Å². The quantitative estimate of drug-likeness (QED) is 0.611. The molecule has 0 bridgehead atoms. The number of carbonyl (C=O) groups excluding carboxylic acids is 1. The molecule has 0 aliphatic heterocycles. The molecular weight excluding hydrogens is 158 g/mol. The van der Waals surface area contributed by atoms with Gasteiger partial charge < -0.3 is 10.8 Å². The lowest BCUT2D eigenvalue weighted by molar-refractivity contribution is -0.138. The zero-order valence-electron chi connectivity index (χ0n) is 8.33. The molecule has 0 heterocycles. The van der Waals surface area contributed by atoms with Crippen molar-refractivity contribution in [3.8, 4) is 0 Å². The van der Waals surface area contributed by atoms with Gasteiger partial charge in [-0.25, -0.2) is 0 Å². The highest BCUT2D eigenvalue weighted by Gasteiger charge is 2.14. The number of ketones is 1. The van der Waals surface area contributed by atoms with E-state index in [4.69, 9.17) is 6.52 Å². The molecule has 0 aromatic carbocycles. The largest absolute Gasteiger partial charge is 0.480 e. The van der Waals surface area contributed by atoms with Gasteiger partial charge in [0.25, 0.3) is 0 Å². The summed E-state index contributed by atoms with van der Waals surface area (Å²) in [5.74, 6) is -1.13. The number of nitrogens with two attached hydrogens (primary N) is 1. The van der Waals surface area contributed by atoms with E-state index in [-0.39, 0.29) is 24.5 Å². The van der Waals surface area contributed by atoms with Crippen LogP contribution < -0.4 is 5.73 Å². The fraction of sp³-hybridized carbons (Fsp3) is 0.750. The summed E-state index contributed by atoms with van der Waals surface area (Å²) >= 11 is 0. The minimum absolute atomic E-state index is 0.0292. The molecule has 4 heteroatoms. The molecule has 12 heavy (non-hydrogen) atoms. The van der Waals surface area contributed by atoms with Crippen LogP contribution >= 0.6 is 0 Å². The second-order valence-electron chi connectivity index (χ2n) is 3.05. The van der Waals surface area contributed by atoms with Crippen LogP contribution in [0, 0.1) is 5.92 Å². The molecule has 1 atom stereocenters. The van der Waals surface area contributed by atoms with Gasteiger partial charge in [-0.2, -0.15) is 0 Å². The Morgan fingerprint density at radius 3 is 2.50 bits per heavy atom. The Morgan fingerprint density at radius 1 is 1.58 bits per heavy atom. The highest BCUT2D eigenvalue weighted by atomic mass is 16.4. The summed E-state index contributed by atoms with van der Waals surface area (Å²) in [5.41, 5.74) is 1.89. The SMILES string of the molecule is [2H]N[C@@H](CCC(=O)C(C)C)C(=O)O. The van der Waals surface area contributed by atoms with Crippen molar-refractivity contribution >= 4 is 11.8 Å². The lowest BCUT2D eigenvalue weighted by atomic mass is 10.0. The van der Waals surface area contributed by atoms with Gasteiger partial charge in [0.2, 0.25) is 0 Å². The number of carboxylic acids is 1. The molecule has 0 radical (unpaired) electrons. The van der Waals surface area contributed by atoms with E-state index in [0.717, 1.165) is 0 Å². The Labute approximate surface area is 73.2 Å². The van der Waals surface area contributed by atoms with E-state index in [1.165, 1.54) is 0 Å². The van der Waals surface area contributed by atoms with Gasteiger partial charge in [0.15, 0.2) is 0 Å². The molecule has 0 amide bonds. The van der Waals surface area contributed by atoms with Crippen molar-refractivity contribution in [1.82, 2.24) is 0 Å². The van der Waals surface area contributed by atoms with Crippen molar-refractivity contribution < 1.29 is 16.1 Å². The highest BCUT2D eigenvalue weighted by molar-refractivity contribution is 5.81. The Balaban J connectivity index is 3.85. The minimum Gasteiger partial charge on any atom is -0.480 e. The van der Waals surface area contributed by atoms with E-state index in [0.29, 0.717) is 0 Å². The maximum atomic E-state index is 11.1. The van der Waals surface area contributed by atoms with Crippen molar-refractivity contribution in [3.05, 3.63) is 0 Å². The van der Waals surface area contributed by atoms with E-state index >= 15 is 0 Å². The van der Waals surface area contributed by atoms with Gasteiger partial charge in [-0.05, 0) is 6.42 Å². The van der Waals surface area contributed by atoms with Gasteiger partial charge in [-0.3, -0.25) is 9.59 Å². The molecule has 0 aliphatic carbocycles. The number of aliphatic carboxylic acids is 1. The summed E-state index contributed by atoms with van der Waals surface area (Å²) in [4.78, 5) is 21.5. The summed E-state index contributed by atoms with van der Waals surface area (Å²) in [5, 5.41) is 8.53. The molecular formula is C8H15NO3. The fourth-order valence-corrected chi connectivity index (χ4v) is 0.699. The molecule has 0 rings (SSSR count). The van der Waals surface area contributed by atoms with Crippen molar-refractivity contribution in [2.24, 2.45) is 11.6 Å². The van der Waals surface area contributed by atoms with Gasteiger partial charge in [0.05, 0.1) is 0 Å². The molecule has 0 saturated heterocycles. The van der Waals surface area contributed by atoms with Gasteiger partial charge in [0.1, 0.15) is 13.2 Å². The first-order valence-corrected chi connectivity index (χ1v) is 3.91. The Hall–Kier alpha value is -0.900. The third kappa shape index (κ3) is 4.08. The molecule has 0 aromatic heterocycles. The topological polar surface area (TPSA) is 80.4 Å². The Morgan fingerprint density at radius 2 is 2.17 bits per heavy atom. The molecule has 3 N–H and O–H groups in total. The number of carbonyl (C=O) groups is 2. The predicted molar refractivity (Wildman–Crippen MR) is 44.7 cm³/mol. The average Bonchev–Trinajstić information content (AvgIpc) is 2.04. The maximum Gasteiger partial charge on any atom is 0.320 e. The number of rotatable bonds is 6. The third-order valence-electron chi connectivity index (χ3n) is 1.62. The van der Waals surface area contributed by atoms with E-state index in [2.05, 4.69) is 0 Å². The van der Waals surface area contributed by atoms with Gasteiger partial charge in [-0.1, -0.05) is 13.8 Å². The molecule has 70 valence electrons. The van der Waals surface area contributed by atoms with Crippen molar-refractivity contribution in [3.63, 3.8) is 0 Å². The smallest absolute Gasteiger partial charge is 0.320 e. The second kappa shape index (κ2) is 4.87. The van der Waals surface area contributed by atoms with E-state index in [1.54, 1.807) is 13.8 Å². The van der Waals surface area contributed by atoms with Crippen LogP contribution in [0.1, 0.15) is 26.7 Å². The Kier molecular flexibility index (Phi) is 3.73. The zero-order chi connectivity index (χ0) is 10.4. The van der Waals surface area contributed by atoms with Crippen molar-refractivity contribution in [2.75, 3.05) is 0 Å². The monoisotopic (exact) mass is 174 g/mol.